The third-order valence-electron chi connectivity index (χ3n) is 4.38. The molecule has 0 saturated carbocycles. The Hall–Kier alpha value is -3.33. The summed E-state index contributed by atoms with van der Waals surface area (Å²) in [5, 5.41) is 11.3. The summed E-state index contributed by atoms with van der Waals surface area (Å²) < 4.78 is 29.6. The number of rotatable bonds is 6. The van der Waals surface area contributed by atoms with E-state index in [-0.39, 0.29) is 10.6 Å². The van der Waals surface area contributed by atoms with Gasteiger partial charge in [0.15, 0.2) is 0 Å². The highest BCUT2D eigenvalue weighted by molar-refractivity contribution is 7.92. The molecule has 0 fully saturated rings. The van der Waals surface area contributed by atoms with E-state index in [2.05, 4.69) is 0 Å². The molecule has 3 aromatic rings. The van der Waals surface area contributed by atoms with Gasteiger partial charge in [-0.05, 0) is 31.2 Å². The minimum atomic E-state index is -4.29. The maximum Gasteiger partial charge on any atom is 0.296 e. The molecule has 0 bridgehead atoms. The molecular formula is C19H18N3O5S-. The number of nitrogens with zero attached hydrogens (tertiary/aromatic N) is 3. The minimum Gasteiger partial charge on any atom is -0.548 e. The van der Waals surface area contributed by atoms with E-state index in [1.807, 2.05) is 0 Å². The fourth-order valence-electron chi connectivity index (χ4n) is 2.96. The first-order valence-electron chi connectivity index (χ1n) is 8.37. The highest BCUT2D eigenvalue weighted by Gasteiger charge is 2.31. The lowest BCUT2D eigenvalue weighted by molar-refractivity contribution is -0.303. The van der Waals surface area contributed by atoms with Crippen LogP contribution in [-0.2, 0) is 21.9 Å². The molecule has 0 aliphatic carbocycles. The van der Waals surface area contributed by atoms with Crippen molar-refractivity contribution in [2.24, 2.45) is 7.05 Å². The fraction of sp³-hybridized carbons (Fsp3) is 0.158. The molecule has 146 valence electrons. The molecule has 0 N–H and O–H groups in total. The Kier molecular flexibility index (Phi) is 5.10. The summed E-state index contributed by atoms with van der Waals surface area (Å²) in [6, 6.07) is 16.0. The summed E-state index contributed by atoms with van der Waals surface area (Å²) in [5.74, 6) is -1.62. The van der Waals surface area contributed by atoms with Gasteiger partial charge in [0.2, 0.25) is 0 Å². The second-order valence-corrected chi connectivity index (χ2v) is 7.97. The molecule has 0 radical (unpaired) electrons. The zero-order valence-corrected chi connectivity index (χ0v) is 16.1. The quantitative estimate of drug-likeness (QED) is 0.597. The van der Waals surface area contributed by atoms with Gasteiger partial charge in [0.1, 0.15) is 5.69 Å². The smallest absolute Gasteiger partial charge is 0.296 e. The van der Waals surface area contributed by atoms with Crippen LogP contribution < -0.4 is 15.0 Å². The highest BCUT2D eigenvalue weighted by atomic mass is 32.2. The number of anilines is 1. The zero-order chi connectivity index (χ0) is 20.5. The predicted octanol–water partition coefficient (Wildman–Crippen LogP) is 0.430. The van der Waals surface area contributed by atoms with E-state index in [4.69, 9.17) is 0 Å². The van der Waals surface area contributed by atoms with Crippen molar-refractivity contribution in [1.29, 1.82) is 0 Å². The van der Waals surface area contributed by atoms with Crippen LogP contribution in [0.3, 0.4) is 0 Å². The number of aromatic nitrogens is 2. The second-order valence-electron chi connectivity index (χ2n) is 6.11. The normalized spacial score (nSPS) is 11.4. The summed E-state index contributed by atoms with van der Waals surface area (Å²) in [7, 11) is -2.70. The van der Waals surface area contributed by atoms with Crippen molar-refractivity contribution in [2.45, 2.75) is 11.8 Å². The lowest BCUT2D eigenvalue weighted by Gasteiger charge is -2.23. The van der Waals surface area contributed by atoms with Crippen LogP contribution in [0, 0.1) is 6.92 Å². The molecule has 8 nitrogen and oxygen atoms in total. The lowest BCUT2D eigenvalue weighted by Crippen LogP contribution is -2.43. The highest BCUT2D eigenvalue weighted by Crippen LogP contribution is 2.25. The van der Waals surface area contributed by atoms with Crippen molar-refractivity contribution in [1.82, 2.24) is 9.36 Å². The van der Waals surface area contributed by atoms with E-state index >= 15 is 0 Å². The fourth-order valence-corrected chi connectivity index (χ4v) is 4.44. The number of carbonyl (C=O) groups excluding carboxylic acids is 1. The molecular weight excluding hydrogens is 382 g/mol. The first-order valence-corrected chi connectivity index (χ1v) is 9.81. The minimum absolute atomic E-state index is 0.120. The second kappa shape index (κ2) is 7.35. The van der Waals surface area contributed by atoms with Crippen LogP contribution >= 0.6 is 0 Å². The Labute approximate surface area is 161 Å². The summed E-state index contributed by atoms with van der Waals surface area (Å²) >= 11 is 0. The van der Waals surface area contributed by atoms with E-state index in [9.17, 15) is 23.1 Å². The summed E-state index contributed by atoms with van der Waals surface area (Å²) in [6.45, 7) is 0.574. The molecule has 9 heteroatoms. The van der Waals surface area contributed by atoms with Gasteiger partial charge in [-0.3, -0.25) is 13.8 Å². The van der Waals surface area contributed by atoms with Gasteiger partial charge in [0.05, 0.1) is 28.8 Å². The average molecular weight is 400 g/mol. The van der Waals surface area contributed by atoms with Gasteiger partial charge in [-0.15, -0.1) is 0 Å². The van der Waals surface area contributed by atoms with Crippen LogP contribution in [0.2, 0.25) is 0 Å². The van der Waals surface area contributed by atoms with Gasteiger partial charge in [-0.2, -0.15) is 0 Å². The maximum atomic E-state index is 13.1. The standard InChI is InChI=1S/C19H19N3O5S/c1-14-18(19(25)22(20(14)2)15-9-5-3-6-10-15)21(13-17(23)24)28(26,27)16-11-7-4-8-12-16/h3-12H,13H2,1-2H3,(H,23,24)/p-1. The van der Waals surface area contributed by atoms with Crippen LogP contribution in [-0.4, -0.2) is 30.3 Å². The van der Waals surface area contributed by atoms with Crippen molar-refractivity contribution >= 4 is 21.7 Å². The van der Waals surface area contributed by atoms with Crippen LogP contribution in [0.15, 0.2) is 70.4 Å². The summed E-state index contributed by atoms with van der Waals surface area (Å²) in [4.78, 5) is 24.3. The van der Waals surface area contributed by atoms with Gasteiger partial charge < -0.3 is 9.90 Å². The number of carbonyl (C=O) groups is 1. The number of hydrogen-bond donors (Lipinski definition) is 0. The Bertz CT molecular complexity index is 1170. The molecule has 0 aliphatic rings. The van der Waals surface area contributed by atoms with E-state index in [1.165, 1.54) is 33.6 Å². The zero-order valence-electron chi connectivity index (χ0n) is 15.3. The Morgan fingerprint density at radius 3 is 2.11 bits per heavy atom. The van der Waals surface area contributed by atoms with E-state index in [0.29, 0.717) is 15.7 Å². The van der Waals surface area contributed by atoms with Gasteiger partial charge >= 0.3 is 0 Å². The van der Waals surface area contributed by atoms with Crippen molar-refractivity contribution in [3.8, 4) is 5.69 Å². The van der Waals surface area contributed by atoms with E-state index in [1.54, 1.807) is 50.4 Å². The molecule has 28 heavy (non-hydrogen) atoms. The molecule has 0 spiro atoms. The number of carboxylic acid groups (broad SMARTS) is 1. The van der Waals surface area contributed by atoms with Crippen molar-refractivity contribution < 1.29 is 18.3 Å². The van der Waals surface area contributed by atoms with Crippen LogP contribution in [0.25, 0.3) is 5.69 Å². The Morgan fingerprint density at radius 2 is 1.57 bits per heavy atom. The van der Waals surface area contributed by atoms with E-state index in [0.717, 1.165) is 0 Å². The average Bonchev–Trinajstić information content (AvgIpc) is 2.90. The van der Waals surface area contributed by atoms with Crippen molar-refractivity contribution in [3.05, 3.63) is 76.7 Å². The molecule has 0 aliphatic heterocycles. The van der Waals surface area contributed by atoms with Gasteiger partial charge in [0, 0.05) is 7.05 Å². The first kappa shape index (κ1) is 19.4. The number of hydrogen-bond acceptors (Lipinski definition) is 5. The Balaban J connectivity index is 2.26. The topological polar surface area (TPSA) is 104 Å². The summed E-state index contributed by atoms with van der Waals surface area (Å²) in [5.41, 5.74) is -0.0594. The number of carboxylic acids is 1. The van der Waals surface area contributed by atoms with Gasteiger partial charge in [-0.25, -0.2) is 13.1 Å². The largest absolute Gasteiger partial charge is 0.548 e. The molecule has 1 aromatic heterocycles. The van der Waals surface area contributed by atoms with Crippen LogP contribution in [0.4, 0.5) is 5.69 Å². The SMILES string of the molecule is Cc1c(N(CC(=O)[O-])S(=O)(=O)c2ccccc2)c(=O)n(-c2ccccc2)n1C. The molecule has 0 unspecified atom stereocenters. The monoisotopic (exact) mass is 400 g/mol. The van der Waals surface area contributed by atoms with Gasteiger partial charge in [-0.1, -0.05) is 36.4 Å². The molecule has 3 rings (SSSR count). The predicted molar refractivity (Wildman–Crippen MR) is 102 cm³/mol. The molecule has 0 amide bonds. The van der Waals surface area contributed by atoms with E-state index < -0.39 is 28.1 Å². The Morgan fingerprint density at radius 1 is 1.04 bits per heavy atom. The van der Waals surface area contributed by atoms with Crippen molar-refractivity contribution in [2.75, 3.05) is 10.8 Å². The molecule has 0 saturated heterocycles. The maximum absolute atomic E-state index is 13.1. The van der Waals surface area contributed by atoms with Crippen LogP contribution in [0.5, 0.6) is 0 Å². The lowest BCUT2D eigenvalue weighted by atomic mass is 10.3. The number of sulfonamides is 1. The third kappa shape index (κ3) is 3.31. The van der Waals surface area contributed by atoms with Gasteiger partial charge in [0.25, 0.3) is 15.6 Å². The third-order valence-corrected chi connectivity index (χ3v) is 6.14. The van der Waals surface area contributed by atoms with Crippen molar-refractivity contribution in [3.63, 3.8) is 0 Å². The molecule has 0 atom stereocenters. The number of aliphatic carboxylic acids is 1. The molecule has 1 heterocycles. The number of para-hydroxylation sites is 1. The first-order chi connectivity index (χ1) is 13.2. The van der Waals surface area contributed by atoms with Crippen LogP contribution in [0.1, 0.15) is 5.69 Å². The number of benzene rings is 2. The summed E-state index contributed by atoms with van der Waals surface area (Å²) in [6.07, 6.45) is 0. The molecule has 2 aromatic carbocycles.